The number of nitrogens with zero attached hydrogens (tertiary/aromatic N) is 1. The number of benzene rings is 2. The van der Waals surface area contributed by atoms with Gasteiger partial charge in [-0.3, -0.25) is 0 Å². The maximum atomic E-state index is 2.42. The van der Waals surface area contributed by atoms with E-state index in [-0.39, 0.29) is 5.41 Å². The van der Waals surface area contributed by atoms with E-state index >= 15 is 0 Å². The van der Waals surface area contributed by atoms with Crippen LogP contribution in [0.4, 0.5) is 0 Å². The van der Waals surface area contributed by atoms with Crippen molar-refractivity contribution in [3.05, 3.63) is 59.3 Å². The molecule has 0 spiro atoms. The molecular weight excluding hydrogens is 342 g/mol. The normalized spacial score (nSPS) is 12.6. The molecule has 1 heterocycles. The molecule has 0 fully saturated rings. The zero-order chi connectivity index (χ0) is 20.1. The second-order valence-electron chi connectivity index (χ2n) is 10.1. The van der Waals surface area contributed by atoms with E-state index < -0.39 is 8.07 Å². The van der Waals surface area contributed by atoms with Crippen molar-refractivity contribution in [1.29, 1.82) is 0 Å². The monoisotopic (exact) mass is 376 g/mol. The van der Waals surface area contributed by atoms with E-state index in [0.717, 1.165) is 0 Å². The van der Waals surface area contributed by atoms with Gasteiger partial charge in [0.25, 0.3) is 0 Å². The Hall–Kier alpha value is -1.93. The van der Waals surface area contributed by atoms with Crippen molar-refractivity contribution in [2.24, 2.45) is 7.05 Å². The summed E-state index contributed by atoms with van der Waals surface area (Å²) in [6.07, 6.45) is 2.27. The maximum absolute atomic E-state index is 2.42. The van der Waals surface area contributed by atoms with Gasteiger partial charge in [-0.2, -0.15) is 0 Å². The number of rotatable bonds is 2. The maximum Gasteiger partial charge on any atom is 0.213 e. The van der Waals surface area contributed by atoms with Crippen LogP contribution in [-0.2, 0) is 12.5 Å². The summed E-state index contributed by atoms with van der Waals surface area (Å²) in [5.41, 5.74) is 6.93. The van der Waals surface area contributed by atoms with Crippen LogP contribution >= 0.6 is 0 Å². The van der Waals surface area contributed by atoms with E-state index in [1.165, 1.54) is 43.9 Å². The molecule has 3 aromatic rings. The van der Waals surface area contributed by atoms with Gasteiger partial charge in [0.1, 0.15) is 7.05 Å². The summed E-state index contributed by atoms with van der Waals surface area (Å²) in [7, 11) is 0.845. The first-order chi connectivity index (χ1) is 12.4. The average Bonchev–Trinajstić information content (AvgIpc) is 2.54. The van der Waals surface area contributed by atoms with Gasteiger partial charge in [-0.1, -0.05) is 63.8 Å². The molecule has 27 heavy (non-hydrogen) atoms. The van der Waals surface area contributed by atoms with Crippen molar-refractivity contribution < 1.29 is 4.57 Å². The molecule has 0 atom stereocenters. The molecule has 142 valence electrons. The summed E-state index contributed by atoms with van der Waals surface area (Å²) in [6.45, 7) is 18.6. The molecule has 0 aliphatic heterocycles. The highest BCUT2D eigenvalue weighted by Crippen LogP contribution is 2.32. The number of hydrogen-bond acceptors (Lipinski definition) is 0. The van der Waals surface area contributed by atoms with Crippen LogP contribution < -0.4 is 9.75 Å². The van der Waals surface area contributed by atoms with Crippen LogP contribution in [0.2, 0.25) is 19.6 Å². The number of hydrogen-bond donors (Lipinski definition) is 0. The molecule has 0 radical (unpaired) electrons. The van der Waals surface area contributed by atoms with E-state index in [2.05, 4.69) is 108 Å². The number of aromatic nitrogens is 1. The van der Waals surface area contributed by atoms with E-state index in [1.54, 1.807) is 0 Å². The van der Waals surface area contributed by atoms with Crippen LogP contribution in [0.15, 0.2) is 42.6 Å². The number of aryl methyl sites for hydroxylation is 2. The molecule has 0 saturated carbocycles. The second-order valence-corrected chi connectivity index (χ2v) is 15.2. The predicted molar refractivity (Wildman–Crippen MR) is 122 cm³/mol. The molecule has 0 unspecified atom stereocenters. The van der Waals surface area contributed by atoms with Gasteiger partial charge >= 0.3 is 0 Å². The van der Waals surface area contributed by atoms with Crippen LogP contribution in [0.1, 0.15) is 37.5 Å². The molecule has 2 aromatic carbocycles. The first-order valence-electron chi connectivity index (χ1n) is 9.94. The minimum atomic E-state index is -1.32. The third-order valence-electron chi connectivity index (χ3n) is 5.77. The van der Waals surface area contributed by atoms with E-state index in [1.807, 2.05) is 0 Å². The molecule has 0 saturated heterocycles. The third kappa shape index (κ3) is 3.86. The summed E-state index contributed by atoms with van der Waals surface area (Å²) in [6, 6.07) is 14.2. The Balaban J connectivity index is 2.28. The highest BCUT2D eigenvalue weighted by atomic mass is 28.3. The number of pyridine rings is 1. The molecule has 1 aromatic heterocycles. The Morgan fingerprint density at radius 3 is 2.11 bits per heavy atom. The van der Waals surface area contributed by atoms with Crippen molar-refractivity contribution in [3.8, 4) is 11.3 Å². The lowest BCUT2D eigenvalue weighted by atomic mass is 9.83. The van der Waals surface area contributed by atoms with Gasteiger partial charge in [0, 0.05) is 17.0 Å². The molecule has 0 aliphatic rings. The van der Waals surface area contributed by atoms with Crippen molar-refractivity contribution >= 4 is 24.0 Å². The smallest absolute Gasteiger partial charge is 0.200 e. The standard InChI is InChI=1S/C25H34NSi/c1-17-12-21(25(3,4)5)15-23(18(17)2)24-14-20-13-22(27(7,8)9)11-10-19(20)16-26(24)6/h10-16H,1-9H3/q+1. The fraction of sp³-hybridized carbons (Fsp3) is 0.400. The topological polar surface area (TPSA) is 3.88 Å². The summed E-state index contributed by atoms with van der Waals surface area (Å²) >= 11 is 0. The van der Waals surface area contributed by atoms with Crippen molar-refractivity contribution in [2.75, 3.05) is 0 Å². The van der Waals surface area contributed by atoms with Gasteiger partial charge in [-0.15, -0.1) is 0 Å². The molecule has 3 rings (SSSR count). The minimum Gasteiger partial charge on any atom is -0.200 e. The SMILES string of the molecule is Cc1cc(C(C)(C)C)cc(-c2cc3cc([Si](C)(C)C)ccc3c[n+]2C)c1C. The van der Waals surface area contributed by atoms with Gasteiger partial charge in [-0.05, 0) is 53.5 Å². The van der Waals surface area contributed by atoms with Gasteiger partial charge in [0.2, 0.25) is 5.69 Å². The van der Waals surface area contributed by atoms with Crippen molar-refractivity contribution in [2.45, 2.75) is 59.7 Å². The lowest BCUT2D eigenvalue weighted by Gasteiger charge is -2.22. The fourth-order valence-corrected chi connectivity index (χ4v) is 4.81. The Bertz CT molecular complexity index is 1020. The van der Waals surface area contributed by atoms with Crippen molar-refractivity contribution in [1.82, 2.24) is 0 Å². The largest absolute Gasteiger partial charge is 0.213 e. The zero-order valence-corrected chi connectivity index (χ0v) is 19.5. The predicted octanol–water partition coefficient (Wildman–Crippen LogP) is 5.79. The van der Waals surface area contributed by atoms with Crippen LogP contribution in [0.5, 0.6) is 0 Å². The lowest BCUT2D eigenvalue weighted by Crippen LogP contribution is -2.37. The lowest BCUT2D eigenvalue weighted by molar-refractivity contribution is -0.659. The first-order valence-corrected chi connectivity index (χ1v) is 13.4. The van der Waals surface area contributed by atoms with E-state index in [0.29, 0.717) is 0 Å². The molecular formula is C25H34NSi+. The highest BCUT2D eigenvalue weighted by Gasteiger charge is 2.22. The Morgan fingerprint density at radius 2 is 1.52 bits per heavy atom. The molecule has 0 N–H and O–H groups in total. The fourth-order valence-electron chi connectivity index (χ4n) is 3.64. The zero-order valence-electron chi connectivity index (χ0n) is 18.5. The van der Waals surface area contributed by atoms with Crippen LogP contribution in [0.25, 0.3) is 22.0 Å². The summed E-state index contributed by atoms with van der Waals surface area (Å²) in [5, 5.41) is 4.18. The Labute approximate surface area is 166 Å². The van der Waals surface area contributed by atoms with E-state index in [4.69, 9.17) is 0 Å². The van der Waals surface area contributed by atoms with Crippen LogP contribution in [0.3, 0.4) is 0 Å². The van der Waals surface area contributed by atoms with Gasteiger partial charge in [-0.25, -0.2) is 4.57 Å². The average molecular weight is 377 g/mol. The molecule has 0 bridgehead atoms. The highest BCUT2D eigenvalue weighted by molar-refractivity contribution is 6.88. The summed E-state index contributed by atoms with van der Waals surface area (Å²) < 4.78 is 2.28. The Morgan fingerprint density at radius 1 is 0.852 bits per heavy atom. The quantitative estimate of drug-likeness (QED) is 0.394. The minimum absolute atomic E-state index is 0.146. The third-order valence-corrected chi connectivity index (χ3v) is 7.81. The van der Waals surface area contributed by atoms with Crippen LogP contribution in [0, 0.1) is 13.8 Å². The van der Waals surface area contributed by atoms with Gasteiger partial charge in [0.05, 0.1) is 8.07 Å². The molecule has 0 aliphatic carbocycles. The van der Waals surface area contributed by atoms with Gasteiger partial charge < -0.3 is 0 Å². The summed E-state index contributed by atoms with van der Waals surface area (Å²) in [5.74, 6) is 0. The van der Waals surface area contributed by atoms with Gasteiger partial charge in [0.15, 0.2) is 6.20 Å². The molecule has 2 heteroatoms. The second kappa shape index (κ2) is 6.59. The Kier molecular flexibility index (Phi) is 4.84. The van der Waals surface area contributed by atoms with Crippen LogP contribution in [-0.4, -0.2) is 8.07 Å². The van der Waals surface area contributed by atoms with Crippen molar-refractivity contribution in [3.63, 3.8) is 0 Å². The molecule has 1 nitrogen and oxygen atoms in total. The van der Waals surface area contributed by atoms with E-state index in [9.17, 15) is 0 Å². The summed E-state index contributed by atoms with van der Waals surface area (Å²) in [4.78, 5) is 0. The molecule has 0 amide bonds. The first kappa shape index (κ1) is 19.8. The number of fused-ring (bicyclic) bond motifs is 1.